The average molecular weight is 348 g/mol. The predicted octanol–water partition coefficient (Wildman–Crippen LogP) is 2.33. The van der Waals surface area contributed by atoms with E-state index >= 15 is 0 Å². The first-order valence-corrected chi connectivity index (χ1v) is 8.50. The molecule has 23 heavy (non-hydrogen) atoms. The topological polar surface area (TPSA) is 75.4 Å². The fraction of sp³-hybridized carbons (Fsp3) is 0.882. The van der Waals surface area contributed by atoms with Crippen molar-refractivity contribution in [2.45, 2.75) is 65.8 Å². The molecule has 6 heteroatoms. The third kappa shape index (κ3) is 5.64. The average Bonchev–Trinajstić information content (AvgIpc) is 2.51. The number of amides is 2. The summed E-state index contributed by atoms with van der Waals surface area (Å²) >= 11 is 0. The van der Waals surface area contributed by atoms with Crippen molar-refractivity contribution in [2.75, 3.05) is 19.6 Å². The van der Waals surface area contributed by atoms with E-state index < -0.39 is 5.41 Å². The molecular weight excluding hydrogens is 314 g/mol. The second-order valence-corrected chi connectivity index (χ2v) is 7.52. The van der Waals surface area contributed by atoms with Crippen LogP contribution in [0.1, 0.15) is 60.3 Å². The van der Waals surface area contributed by atoms with E-state index in [4.69, 9.17) is 5.73 Å². The quantitative estimate of drug-likeness (QED) is 0.801. The summed E-state index contributed by atoms with van der Waals surface area (Å²) in [4.78, 5) is 26.9. The van der Waals surface area contributed by atoms with E-state index in [-0.39, 0.29) is 35.7 Å². The molecule has 1 aliphatic rings. The van der Waals surface area contributed by atoms with Crippen molar-refractivity contribution in [3.8, 4) is 0 Å². The van der Waals surface area contributed by atoms with Crippen LogP contribution in [0.3, 0.4) is 0 Å². The molecule has 1 aliphatic heterocycles. The van der Waals surface area contributed by atoms with E-state index in [9.17, 15) is 9.59 Å². The molecule has 2 amide bonds. The zero-order valence-corrected chi connectivity index (χ0v) is 16.1. The molecule has 0 saturated carbocycles. The molecule has 1 unspecified atom stereocenters. The van der Waals surface area contributed by atoms with Gasteiger partial charge in [0.1, 0.15) is 0 Å². The van der Waals surface area contributed by atoms with Crippen molar-refractivity contribution in [3.05, 3.63) is 0 Å². The monoisotopic (exact) mass is 347 g/mol. The molecule has 0 aromatic carbocycles. The van der Waals surface area contributed by atoms with Crippen LogP contribution in [0, 0.1) is 11.3 Å². The van der Waals surface area contributed by atoms with Crippen LogP contribution in [-0.2, 0) is 9.59 Å². The van der Waals surface area contributed by atoms with Crippen LogP contribution in [0.5, 0.6) is 0 Å². The number of nitrogens with one attached hydrogen (secondary N) is 1. The molecule has 3 N–H and O–H groups in total. The Bertz CT molecular complexity index is 395. The molecule has 1 rings (SSSR count). The molecular formula is C17H34ClN3O2. The minimum atomic E-state index is -0.397. The van der Waals surface area contributed by atoms with Crippen molar-refractivity contribution in [1.29, 1.82) is 0 Å². The molecule has 5 nitrogen and oxygen atoms in total. The molecule has 136 valence electrons. The number of likely N-dealkylation sites (tertiary alicyclic amines) is 1. The molecule has 0 bridgehead atoms. The van der Waals surface area contributed by atoms with Gasteiger partial charge in [0, 0.05) is 25.0 Å². The lowest BCUT2D eigenvalue weighted by molar-refractivity contribution is -0.143. The third-order valence-electron chi connectivity index (χ3n) is 4.85. The highest BCUT2D eigenvalue weighted by Crippen LogP contribution is 2.24. The Balaban J connectivity index is 0.00000484. The fourth-order valence-corrected chi connectivity index (χ4v) is 2.98. The minimum absolute atomic E-state index is 0. The summed E-state index contributed by atoms with van der Waals surface area (Å²) in [5.74, 6) is 0.0469. The van der Waals surface area contributed by atoms with E-state index in [1.54, 1.807) is 0 Å². The van der Waals surface area contributed by atoms with Gasteiger partial charge in [-0.25, -0.2) is 0 Å². The molecule has 1 fully saturated rings. The van der Waals surface area contributed by atoms with Crippen LogP contribution in [-0.4, -0.2) is 41.9 Å². The van der Waals surface area contributed by atoms with Gasteiger partial charge in [-0.1, -0.05) is 34.6 Å². The number of piperidine rings is 1. The van der Waals surface area contributed by atoms with E-state index in [2.05, 4.69) is 5.32 Å². The summed E-state index contributed by atoms with van der Waals surface area (Å²) in [6, 6.07) is 0. The molecule has 1 saturated heterocycles. The van der Waals surface area contributed by atoms with Gasteiger partial charge in [0.2, 0.25) is 11.8 Å². The van der Waals surface area contributed by atoms with Crippen molar-refractivity contribution >= 4 is 24.2 Å². The maximum atomic E-state index is 12.6. The summed E-state index contributed by atoms with van der Waals surface area (Å²) in [5.41, 5.74) is 5.15. The minimum Gasteiger partial charge on any atom is -0.349 e. The first-order valence-electron chi connectivity index (χ1n) is 8.50. The predicted molar refractivity (Wildman–Crippen MR) is 96.5 cm³/mol. The summed E-state index contributed by atoms with van der Waals surface area (Å²) in [7, 11) is 0. The first-order chi connectivity index (χ1) is 10.2. The highest BCUT2D eigenvalue weighted by Gasteiger charge is 2.35. The standard InChI is InChI=1S/C17H33N3O2.ClH/c1-6-17(7-2,12-18)19-14(21)13-9-8-10-20(11-13)15(22)16(3,4)5;/h13H,6-12,18H2,1-5H3,(H,19,21);1H. The highest BCUT2D eigenvalue weighted by molar-refractivity contribution is 5.85. The molecule has 0 radical (unpaired) electrons. The third-order valence-corrected chi connectivity index (χ3v) is 4.85. The Kier molecular flexibility index (Phi) is 8.57. The van der Waals surface area contributed by atoms with E-state index in [0.29, 0.717) is 13.1 Å². The Hall–Kier alpha value is -0.810. The van der Waals surface area contributed by atoms with E-state index in [1.807, 2.05) is 39.5 Å². The van der Waals surface area contributed by atoms with Crippen molar-refractivity contribution in [1.82, 2.24) is 10.2 Å². The summed E-state index contributed by atoms with van der Waals surface area (Å²) in [6.07, 6.45) is 3.37. The SMILES string of the molecule is CCC(CC)(CN)NC(=O)C1CCCN(C(=O)C(C)(C)C)C1.Cl. The smallest absolute Gasteiger partial charge is 0.227 e. The van der Waals surface area contributed by atoms with Crippen LogP contribution in [0.2, 0.25) is 0 Å². The lowest BCUT2D eigenvalue weighted by atomic mass is 9.88. The number of hydrogen-bond donors (Lipinski definition) is 2. The van der Waals surface area contributed by atoms with Gasteiger partial charge in [-0.3, -0.25) is 9.59 Å². The van der Waals surface area contributed by atoms with Crippen LogP contribution in [0.4, 0.5) is 0 Å². The number of nitrogens with two attached hydrogens (primary N) is 1. The van der Waals surface area contributed by atoms with Crippen molar-refractivity contribution in [2.24, 2.45) is 17.1 Å². The highest BCUT2D eigenvalue weighted by atomic mass is 35.5. The summed E-state index contributed by atoms with van der Waals surface area (Å²) < 4.78 is 0. The largest absolute Gasteiger partial charge is 0.349 e. The Labute approximate surface area is 147 Å². The molecule has 0 aromatic rings. The van der Waals surface area contributed by atoms with Crippen molar-refractivity contribution < 1.29 is 9.59 Å². The number of nitrogens with zero attached hydrogens (tertiary/aromatic N) is 1. The van der Waals surface area contributed by atoms with Gasteiger partial charge in [-0.15, -0.1) is 12.4 Å². The summed E-state index contributed by atoms with van der Waals surface area (Å²) in [5, 5.41) is 3.15. The van der Waals surface area contributed by atoms with Crippen LogP contribution >= 0.6 is 12.4 Å². The number of rotatable bonds is 5. The lowest BCUT2D eigenvalue weighted by Crippen LogP contribution is -2.56. The van der Waals surface area contributed by atoms with E-state index in [0.717, 1.165) is 32.2 Å². The zero-order chi connectivity index (χ0) is 17.0. The maximum Gasteiger partial charge on any atom is 0.227 e. The van der Waals surface area contributed by atoms with Crippen LogP contribution < -0.4 is 11.1 Å². The Morgan fingerprint density at radius 2 is 1.78 bits per heavy atom. The number of carbonyl (C=O) groups is 2. The van der Waals surface area contributed by atoms with Crippen LogP contribution in [0.15, 0.2) is 0 Å². The van der Waals surface area contributed by atoms with Gasteiger partial charge < -0.3 is 16.0 Å². The van der Waals surface area contributed by atoms with Gasteiger partial charge >= 0.3 is 0 Å². The van der Waals surface area contributed by atoms with Gasteiger partial charge in [0.25, 0.3) is 0 Å². The van der Waals surface area contributed by atoms with E-state index in [1.165, 1.54) is 0 Å². The molecule has 0 spiro atoms. The maximum absolute atomic E-state index is 12.6. The molecule has 0 aromatic heterocycles. The van der Waals surface area contributed by atoms with Gasteiger partial charge in [0.15, 0.2) is 0 Å². The van der Waals surface area contributed by atoms with Crippen molar-refractivity contribution in [3.63, 3.8) is 0 Å². The first kappa shape index (κ1) is 22.2. The number of halogens is 1. The second-order valence-electron chi connectivity index (χ2n) is 7.52. The zero-order valence-electron chi connectivity index (χ0n) is 15.3. The lowest BCUT2D eigenvalue weighted by Gasteiger charge is -2.38. The Morgan fingerprint density at radius 3 is 2.22 bits per heavy atom. The number of carbonyl (C=O) groups excluding carboxylic acids is 2. The van der Waals surface area contributed by atoms with Gasteiger partial charge in [0.05, 0.1) is 11.5 Å². The Morgan fingerprint density at radius 1 is 1.22 bits per heavy atom. The summed E-state index contributed by atoms with van der Waals surface area (Å²) in [6.45, 7) is 11.6. The molecule has 1 heterocycles. The normalized spacial score (nSPS) is 19.0. The van der Waals surface area contributed by atoms with Gasteiger partial charge in [-0.05, 0) is 25.7 Å². The van der Waals surface area contributed by atoms with Crippen LogP contribution in [0.25, 0.3) is 0 Å². The van der Waals surface area contributed by atoms with Gasteiger partial charge in [-0.2, -0.15) is 0 Å². The second kappa shape index (κ2) is 8.88. The fourth-order valence-electron chi connectivity index (χ4n) is 2.98. The number of hydrogen-bond acceptors (Lipinski definition) is 3. The molecule has 1 atom stereocenters. The molecule has 0 aliphatic carbocycles.